The van der Waals surface area contributed by atoms with Crippen molar-refractivity contribution in [3.63, 3.8) is 0 Å². The first-order valence-corrected chi connectivity index (χ1v) is 5.37. The largest absolute Gasteiger partial charge is 0.384 e. The summed E-state index contributed by atoms with van der Waals surface area (Å²) in [7, 11) is 0. The molecular weight excluding hydrogens is 174 g/mol. The Labute approximate surface area is 84.8 Å². The monoisotopic (exact) mass is 191 g/mol. The zero-order chi connectivity index (χ0) is 9.97. The SMILES string of the molecule is Cc1nc(N)cc(C2CCCCC2)n1. The zero-order valence-electron chi connectivity index (χ0n) is 8.66. The molecule has 0 spiro atoms. The minimum atomic E-state index is 0.609. The van der Waals surface area contributed by atoms with E-state index in [2.05, 4.69) is 9.97 Å². The van der Waals surface area contributed by atoms with Crippen molar-refractivity contribution in [2.45, 2.75) is 44.9 Å². The van der Waals surface area contributed by atoms with Gasteiger partial charge in [0.15, 0.2) is 0 Å². The number of aromatic nitrogens is 2. The van der Waals surface area contributed by atoms with Crippen LogP contribution in [0.2, 0.25) is 0 Å². The molecule has 3 nitrogen and oxygen atoms in total. The number of nitrogens with zero attached hydrogens (tertiary/aromatic N) is 2. The molecule has 0 saturated heterocycles. The van der Waals surface area contributed by atoms with Crippen LogP contribution >= 0.6 is 0 Å². The summed E-state index contributed by atoms with van der Waals surface area (Å²) in [6.45, 7) is 1.91. The molecule has 14 heavy (non-hydrogen) atoms. The molecule has 0 bridgehead atoms. The highest BCUT2D eigenvalue weighted by molar-refractivity contribution is 5.31. The van der Waals surface area contributed by atoms with E-state index in [0.717, 1.165) is 11.5 Å². The van der Waals surface area contributed by atoms with Gasteiger partial charge in [-0.3, -0.25) is 0 Å². The highest BCUT2D eigenvalue weighted by Crippen LogP contribution is 2.31. The maximum Gasteiger partial charge on any atom is 0.127 e. The standard InChI is InChI=1S/C11H17N3/c1-8-13-10(7-11(12)14-8)9-5-3-2-4-6-9/h7,9H,2-6H2,1H3,(H2,12,13,14). The molecule has 1 aliphatic rings. The average molecular weight is 191 g/mol. The quantitative estimate of drug-likeness (QED) is 0.741. The lowest BCUT2D eigenvalue weighted by molar-refractivity contribution is 0.436. The molecule has 0 unspecified atom stereocenters. The van der Waals surface area contributed by atoms with E-state index in [1.54, 1.807) is 0 Å². The lowest BCUT2D eigenvalue weighted by atomic mass is 9.87. The number of rotatable bonds is 1. The van der Waals surface area contributed by atoms with E-state index in [1.165, 1.54) is 32.1 Å². The first kappa shape index (κ1) is 9.44. The van der Waals surface area contributed by atoms with Crippen molar-refractivity contribution >= 4 is 5.82 Å². The predicted molar refractivity (Wildman–Crippen MR) is 57.0 cm³/mol. The summed E-state index contributed by atoms with van der Waals surface area (Å²) in [5.74, 6) is 2.02. The highest BCUT2D eigenvalue weighted by atomic mass is 14.9. The molecule has 0 atom stereocenters. The first-order valence-electron chi connectivity index (χ1n) is 5.37. The molecule has 1 saturated carbocycles. The number of nitrogens with two attached hydrogens (primary N) is 1. The Hall–Kier alpha value is -1.12. The van der Waals surface area contributed by atoms with Crippen LogP contribution < -0.4 is 5.73 Å². The molecule has 1 heterocycles. The van der Waals surface area contributed by atoms with Gasteiger partial charge in [-0.2, -0.15) is 0 Å². The summed E-state index contributed by atoms with van der Waals surface area (Å²) in [5.41, 5.74) is 6.86. The lowest BCUT2D eigenvalue weighted by Crippen LogP contribution is -2.09. The van der Waals surface area contributed by atoms with Crippen LogP contribution in [0.25, 0.3) is 0 Å². The lowest BCUT2D eigenvalue weighted by Gasteiger charge is -2.21. The van der Waals surface area contributed by atoms with Gasteiger partial charge < -0.3 is 5.73 Å². The van der Waals surface area contributed by atoms with Gasteiger partial charge >= 0.3 is 0 Å². The van der Waals surface area contributed by atoms with E-state index in [-0.39, 0.29) is 0 Å². The minimum absolute atomic E-state index is 0.609. The number of hydrogen-bond donors (Lipinski definition) is 1. The zero-order valence-corrected chi connectivity index (χ0v) is 8.66. The van der Waals surface area contributed by atoms with E-state index >= 15 is 0 Å². The smallest absolute Gasteiger partial charge is 0.127 e. The van der Waals surface area contributed by atoms with Crippen molar-refractivity contribution in [2.24, 2.45) is 0 Å². The molecular formula is C11H17N3. The fourth-order valence-corrected chi connectivity index (χ4v) is 2.22. The van der Waals surface area contributed by atoms with Crippen LogP contribution in [0, 0.1) is 6.92 Å². The molecule has 0 aliphatic heterocycles. The van der Waals surface area contributed by atoms with E-state index in [1.807, 2.05) is 13.0 Å². The average Bonchev–Trinajstić information content (AvgIpc) is 2.18. The number of anilines is 1. The maximum absolute atomic E-state index is 5.71. The third-order valence-corrected chi connectivity index (χ3v) is 2.90. The van der Waals surface area contributed by atoms with E-state index < -0.39 is 0 Å². The van der Waals surface area contributed by atoms with E-state index in [0.29, 0.717) is 11.7 Å². The number of hydrogen-bond acceptors (Lipinski definition) is 3. The van der Waals surface area contributed by atoms with Crippen LogP contribution in [0.3, 0.4) is 0 Å². The van der Waals surface area contributed by atoms with Crippen LogP contribution in [-0.2, 0) is 0 Å². The Morgan fingerprint density at radius 2 is 1.93 bits per heavy atom. The summed E-state index contributed by atoms with van der Waals surface area (Å²) < 4.78 is 0. The molecule has 2 rings (SSSR count). The van der Waals surface area contributed by atoms with Gasteiger partial charge in [0.25, 0.3) is 0 Å². The summed E-state index contributed by atoms with van der Waals surface area (Å²) in [4.78, 5) is 8.56. The van der Waals surface area contributed by atoms with Crippen LogP contribution in [0.1, 0.15) is 49.5 Å². The van der Waals surface area contributed by atoms with Gasteiger partial charge in [-0.05, 0) is 19.8 Å². The second-order valence-electron chi connectivity index (χ2n) is 4.10. The van der Waals surface area contributed by atoms with Gasteiger partial charge in [0.1, 0.15) is 11.6 Å². The number of nitrogen functional groups attached to an aromatic ring is 1. The van der Waals surface area contributed by atoms with Gasteiger partial charge in [-0.1, -0.05) is 19.3 Å². The fourth-order valence-electron chi connectivity index (χ4n) is 2.22. The van der Waals surface area contributed by atoms with Crippen molar-refractivity contribution in [1.29, 1.82) is 0 Å². The highest BCUT2D eigenvalue weighted by Gasteiger charge is 2.17. The predicted octanol–water partition coefficient (Wildman–Crippen LogP) is 2.41. The van der Waals surface area contributed by atoms with Crippen LogP contribution in [0.5, 0.6) is 0 Å². The van der Waals surface area contributed by atoms with E-state index in [9.17, 15) is 0 Å². The van der Waals surface area contributed by atoms with Crippen LogP contribution in [0.15, 0.2) is 6.07 Å². The third kappa shape index (κ3) is 2.03. The van der Waals surface area contributed by atoms with Crippen molar-refractivity contribution in [1.82, 2.24) is 9.97 Å². The van der Waals surface area contributed by atoms with Crippen LogP contribution in [0.4, 0.5) is 5.82 Å². The fraction of sp³-hybridized carbons (Fsp3) is 0.636. The molecule has 1 aromatic rings. The molecule has 76 valence electrons. The summed E-state index contributed by atoms with van der Waals surface area (Å²) in [6.07, 6.45) is 6.54. The van der Waals surface area contributed by atoms with Crippen LogP contribution in [-0.4, -0.2) is 9.97 Å². The Balaban J connectivity index is 2.21. The minimum Gasteiger partial charge on any atom is -0.384 e. The normalized spacial score (nSPS) is 18.4. The van der Waals surface area contributed by atoms with Gasteiger partial charge in [0.2, 0.25) is 0 Å². The van der Waals surface area contributed by atoms with Crippen molar-refractivity contribution in [2.75, 3.05) is 5.73 Å². The Kier molecular flexibility index (Phi) is 2.66. The third-order valence-electron chi connectivity index (χ3n) is 2.90. The maximum atomic E-state index is 5.71. The van der Waals surface area contributed by atoms with E-state index in [4.69, 9.17) is 5.73 Å². The summed E-state index contributed by atoms with van der Waals surface area (Å²) in [5, 5.41) is 0. The second-order valence-corrected chi connectivity index (χ2v) is 4.10. The van der Waals surface area contributed by atoms with Gasteiger partial charge in [0, 0.05) is 17.7 Å². The summed E-state index contributed by atoms with van der Waals surface area (Å²) >= 11 is 0. The molecule has 1 aliphatic carbocycles. The Bertz CT molecular complexity index is 296. The molecule has 0 amide bonds. The summed E-state index contributed by atoms with van der Waals surface area (Å²) in [6, 6.07) is 1.93. The number of aryl methyl sites for hydroxylation is 1. The van der Waals surface area contributed by atoms with Crippen molar-refractivity contribution < 1.29 is 0 Å². The first-order chi connectivity index (χ1) is 6.75. The Morgan fingerprint density at radius 1 is 1.21 bits per heavy atom. The molecule has 1 fully saturated rings. The molecule has 2 N–H and O–H groups in total. The van der Waals surface area contributed by atoms with Gasteiger partial charge in [0.05, 0.1) is 0 Å². The molecule has 0 radical (unpaired) electrons. The van der Waals surface area contributed by atoms with Crippen molar-refractivity contribution in [3.05, 3.63) is 17.6 Å². The molecule has 0 aromatic carbocycles. The molecule has 3 heteroatoms. The Morgan fingerprint density at radius 3 is 2.57 bits per heavy atom. The topological polar surface area (TPSA) is 51.8 Å². The van der Waals surface area contributed by atoms with Crippen molar-refractivity contribution in [3.8, 4) is 0 Å². The van der Waals surface area contributed by atoms with Gasteiger partial charge in [-0.25, -0.2) is 9.97 Å². The molecule has 1 aromatic heterocycles. The second kappa shape index (κ2) is 3.95. The van der Waals surface area contributed by atoms with Gasteiger partial charge in [-0.15, -0.1) is 0 Å².